The molecule has 0 bridgehead atoms. The molecule has 2 amide bonds. The van der Waals surface area contributed by atoms with Gasteiger partial charge in [0.15, 0.2) is 0 Å². The monoisotopic (exact) mass is 261 g/mol. The van der Waals surface area contributed by atoms with Crippen molar-refractivity contribution in [3.8, 4) is 0 Å². The summed E-state index contributed by atoms with van der Waals surface area (Å²) in [5.74, 6) is 0. The summed E-state index contributed by atoms with van der Waals surface area (Å²) in [6, 6.07) is 7.96. The lowest BCUT2D eigenvalue weighted by Gasteiger charge is -2.27. The van der Waals surface area contributed by atoms with Gasteiger partial charge >= 0.3 is 6.03 Å². The van der Waals surface area contributed by atoms with Crippen LogP contribution in [0.2, 0.25) is 0 Å². The number of nitrogens with zero attached hydrogens (tertiary/aromatic N) is 2. The van der Waals surface area contributed by atoms with Gasteiger partial charge in [-0.2, -0.15) is 0 Å². The van der Waals surface area contributed by atoms with Gasteiger partial charge in [0.1, 0.15) is 0 Å². The lowest BCUT2D eigenvalue weighted by molar-refractivity contribution is 0.208. The van der Waals surface area contributed by atoms with E-state index in [4.69, 9.17) is 5.73 Å². The molecule has 0 aliphatic carbocycles. The van der Waals surface area contributed by atoms with Gasteiger partial charge < -0.3 is 10.6 Å². The van der Waals surface area contributed by atoms with Gasteiger partial charge in [0.05, 0.1) is 0 Å². The van der Waals surface area contributed by atoms with Crippen molar-refractivity contribution >= 4 is 11.7 Å². The predicted molar refractivity (Wildman–Crippen MR) is 78.2 cm³/mol. The Kier molecular flexibility index (Phi) is 4.80. The molecule has 0 spiro atoms. The molecule has 2 N–H and O–H groups in total. The van der Waals surface area contributed by atoms with Crippen LogP contribution in [0.5, 0.6) is 0 Å². The molecule has 1 aliphatic heterocycles. The molecule has 0 radical (unpaired) electrons. The molecule has 2 rings (SSSR count). The van der Waals surface area contributed by atoms with E-state index in [2.05, 4.69) is 0 Å². The Balaban J connectivity index is 2.04. The lowest BCUT2D eigenvalue weighted by Crippen LogP contribution is -2.41. The number of hydrogen-bond acceptors (Lipinski definition) is 2. The van der Waals surface area contributed by atoms with Gasteiger partial charge in [-0.3, -0.25) is 4.90 Å². The zero-order chi connectivity index (χ0) is 13.7. The van der Waals surface area contributed by atoms with Crippen molar-refractivity contribution in [3.05, 3.63) is 29.8 Å². The lowest BCUT2D eigenvalue weighted by atomic mass is 10.2. The van der Waals surface area contributed by atoms with Crippen LogP contribution in [0.15, 0.2) is 24.3 Å². The van der Waals surface area contributed by atoms with E-state index in [1.165, 1.54) is 12.8 Å². The van der Waals surface area contributed by atoms with Crippen LogP contribution >= 0.6 is 0 Å². The van der Waals surface area contributed by atoms with Crippen molar-refractivity contribution in [1.82, 2.24) is 4.90 Å². The number of amides is 2. The molecule has 4 nitrogen and oxygen atoms in total. The summed E-state index contributed by atoms with van der Waals surface area (Å²) in [5, 5.41) is 0. The topological polar surface area (TPSA) is 49.6 Å². The number of nitrogens with two attached hydrogens (primary N) is 1. The Morgan fingerprint density at radius 1 is 1.16 bits per heavy atom. The fraction of sp³-hybridized carbons (Fsp3) is 0.533. The third-order valence-corrected chi connectivity index (χ3v) is 3.72. The van der Waals surface area contributed by atoms with Gasteiger partial charge in [-0.25, -0.2) is 4.79 Å². The summed E-state index contributed by atoms with van der Waals surface area (Å²) in [5.41, 5.74) is 7.59. The maximum Gasteiger partial charge on any atom is 0.324 e. The SMILES string of the molecule is CN(C(=O)N1CCCCCC1)c1ccc(CN)cc1. The number of carbonyl (C=O) groups excluding carboxylic acids is 1. The van der Waals surface area contributed by atoms with Crippen molar-refractivity contribution in [3.63, 3.8) is 0 Å². The average Bonchev–Trinajstić information content (AvgIpc) is 2.75. The van der Waals surface area contributed by atoms with Crippen LogP contribution in [0, 0.1) is 0 Å². The number of anilines is 1. The van der Waals surface area contributed by atoms with E-state index in [9.17, 15) is 4.79 Å². The molecule has 1 aliphatic rings. The van der Waals surface area contributed by atoms with Crippen molar-refractivity contribution in [2.75, 3.05) is 25.0 Å². The van der Waals surface area contributed by atoms with Gasteiger partial charge in [0.2, 0.25) is 0 Å². The number of likely N-dealkylation sites (tertiary alicyclic amines) is 1. The molecule has 1 fully saturated rings. The second kappa shape index (κ2) is 6.57. The third-order valence-electron chi connectivity index (χ3n) is 3.72. The molecular weight excluding hydrogens is 238 g/mol. The molecule has 0 atom stereocenters. The van der Waals surface area contributed by atoms with Crippen LogP contribution < -0.4 is 10.6 Å². The summed E-state index contributed by atoms with van der Waals surface area (Å²) < 4.78 is 0. The zero-order valence-corrected chi connectivity index (χ0v) is 11.6. The molecule has 1 aromatic rings. The molecule has 4 heteroatoms. The standard InChI is InChI=1S/C15H23N3O/c1-17(14-8-6-13(12-16)7-9-14)15(19)18-10-4-2-3-5-11-18/h6-9H,2-5,10-12,16H2,1H3. The Morgan fingerprint density at radius 2 is 1.74 bits per heavy atom. The van der Waals surface area contributed by atoms with Gasteiger partial charge in [0.25, 0.3) is 0 Å². The fourth-order valence-electron chi connectivity index (χ4n) is 2.44. The molecule has 1 aromatic carbocycles. The van der Waals surface area contributed by atoms with Crippen molar-refractivity contribution in [2.24, 2.45) is 5.73 Å². The minimum atomic E-state index is 0.0994. The van der Waals surface area contributed by atoms with Crippen molar-refractivity contribution in [2.45, 2.75) is 32.2 Å². The van der Waals surface area contributed by atoms with E-state index in [0.29, 0.717) is 6.54 Å². The maximum atomic E-state index is 12.4. The first kappa shape index (κ1) is 13.9. The minimum Gasteiger partial charge on any atom is -0.326 e. The predicted octanol–water partition coefficient (Wildman–Crippen LogP) is 2.58. The van der Waals surface area contributed by atoms with Crippen LogP contribution in [0.4, 0.5) is 10.5 Å². The van der Waals surface area contributed by atoms with E-state index in [1.807, 2.05) is 36.2 Å². The zero-order valence-electron chi connectivity index (χ0n) is 11.6. The third kappa shape index (κ3) is 3.47. The number of benzene rings is 1. The Bertz CT molecular complexity index is 408. The fourth-order valence-corrected chi connectivity index (χ4v) is 2.44. The van der Waals surface area contributed by atoms with Crippen LogP contribution in [0.3, 0.4) is 0 Å². The summed E-state index contributed by atoms with van der Waals surface area (Å²) in [7, 11) is 1.84. The van der Waals surface area contributed by atoms with E-state index in [-0.39, 0.29) is 6.03 Å². The number of urea groups is 1. The molecule has 0 aromatic heterocycles. The first-order chi connectivity index (χ1) is 9.22. The molecule has 0 unspecified atom stereocenters. The molecule has 1 heterocycles. The number of rotatable bonds is 2. The average molecular weight is 261 g/mol. The van der Waals surface area contributed by atoms with Crippen molar-refractivity contribution in [1.29, 1.82) is 0 Å². The maximum absolute atomic E-state index is 12.4. The van der Waals surface area contributed by atoms with Gasteiger partial charge in [-0.05, 0) is 30.5 Å². The van der Waals surface area contributed by atoms with Crippen LogP contribution in [0.1, 0.15) is 31.2 Å². The molecule has 104 valence electrons. The first-order valence-corrected chi connectivity index (χ1v) is 7.04. The van der Waals surface area contributed by atoms with Crippen molar-refractivity contribution < 1.29 is 4.79 Å². The van der Waals surface area contributed by atoms with Crippen LogP contribution in [-0.4, -0.2) is 31.1 Å². The van der Waals surface area contributed by atoms with Gasteiger partial charge in [0, 0.05) is 32.4 Å². The number of hydrogen-bond donors (Lipinski definition) is 1. The normalized spacial score (nSPS) is 16.0. The van der Waals surface area contributed by atoms with E-state index < -0.39 is 0 Å². The Labute approximate surface area is 115 Å². The van der Waals surface area contributed by atoms with E-state index in [0.717, 1.165) is 37.2 Å². The number of carbonyl (C=O) groups is 1. The Hall–Kier alpha value is -1.55. The minimum absolute atomic E-state index is 0.0994. The summed E-state index contributed by atoms with van der Waals surface area (Å²) in [4.78, 5) is 16.1. The second-order valence-electron chi connectivity index (χ2n) is 5.11. The quantitative estimate of drug-likeness (QED) is 0.889. The molecule has 0 saturated carbocycles. The van der Waals surface area contributed by atoms with Crippen LogP contribution in [-0.2, 0) is 6.54 Å². The van der Waals surface area contributed by atoms with E-state index in [1.54, 1.807) is 4.90 Å². The highest BCUT2D eigenvalue weighted by Crippen LogP contribution is 2.17. The molecule has 19 heavy (non-hydrogen) atoms. The molecular formula is C15H23N3O. The highest BCUT2D eigenvalue weighted by Gasteiger charge is 2.19. The Morgan fingerprint density at radius 3 is 2.26 bits per heavy atom. The largest absolute Gasteiger partial charge is 0.326 e. The summed E-state index contributed by atoms with van der Waals surface area (Å²) in [6.45, 7) is 2.29. The first-order valence-electron chi connectivity index (χ1n) is 7.04. The van der Waals surface area contributed by atoms with E-state index >= 15 is 0 Å². The smallest absolute Gasteiger partial charge is 0.324 e. The highest BCUT2D eigenvalue weighted by atomic mass is 16.2. The molecule has 1 saturated heterocycles. The van der Waals surface area contributed by atoms with Crippen LogP contribution in [0.25, 0.3) is 0 Å². The van der Waals surface area contributed by atoms with Gasteiger partial charge in [-0.15, -0.1) is 0 Å². The van der Waals surface area contributed by atoms with Gasteiger partial charge in [-0.1, -0.05) is 25.0 Å². The summed E-state index contributed by atoms with van der Waals surface area (Å²) in [6.07, 6.45) is 4.70. The second-order valence-corrected chi connectivity index (χ2v) is 5.11. The summed E-state index contributed by atoms with van der Waals surface area (Å²) >= 11 is 0. The highest BCUT2D eigenvalue weighted by molar-refractivity contribution is 5.91.